The number of carboxylic acid groups (broad SMARTS) is 1. The molecule has 0 atom stereocenters. The van der Waals surface area contributed by atoms with E-state index in [1.54, 1.807) is 42.5 Å². The molecule has 4 aromatic carbocycles. The van der Waals surface area contributed by atoms with Crippen molar-refractivity contribution in [3.05, 3.63) is 114 Å². The Balaban J connectivity index is 1.05. The molecule has 11 heteroatoms. The highest BCUT2D eigenvalue weighted by atomic mass is 32.2. The van der Waals surface area contributed by atoms with Gasteiger partial charge in [-0.05, 0) is 103 Å². The van der Waals surface area contributed by atoms with Crippen LogP contribution in [0.25, 0.3) is 0 Å². The van der Waals surface area contributed by atoms with Crippen molar-refractivity contribution in [3.63, 3.8) is 0 Å². The van der Waals surface area contributed by atoms with E-state index in [4.69, 9.17) is 9.47 Å². The molecule has 7 nitrogen and oxygen atoms in total. The number of nitrogens with zero attached hydrogens (tertiary/aromatic N) is 1. The quantitative estimate of drug-likeness (QED) is 0.174. The zero-order valence-corrected chi connectivity index (χ0v) is 24.2. The minimum Gasteiger partial charge on any atom is -0.490 e. The summed E-state index contributed by atoms with van der Waals surface area (Å²) in [7, 11) is 0. The van der Waals surface area contributed by atoms with Gasteiger partial charge in [-0.2, -0.15) is 13.2 Å². The number of amides is 1. The van der Waals surface area contributed by atoms with Gasteiger partial charge in [0.2, 0.25) is 5.91 Å². The van der Waals surface area contributed by atoms with E-state index in [1.807, 2.05) is 24.3 Å². The highest BCUT2D eigenvalue weighted by molar-refractivity contribution is 7.97. The van der Waals surface area contributed by atoms with Crippen molar-refractivity contribution in [1.29, 1.82) is 0 Å². The minimum absolute atomic E-state index is 0.0281. The third-order valence-electron chi connectivity index (χ3n) is 6.90. The number of hydrogen-bond acceptors (Lipinski definition) is 6. The van der Waals surface area contributed by atoms with Gasteiger partial charge in [-0.3, -0.25) is 4.79 Å². The number of rotatable bonds is 10. The van der Waals surface area contributed by atoms with Crippen LogP contribution in [-0.4, -0.2) is 40.5 Å². The zero-order chi connectivity index (χ0) is 31.1. The number of anilines is 1. The minimum atomic E-state index is -4.34. The van der Waals surface area contributed by atoms with Crippen molar-refractivity contribution < 1.29 is 37.3 Å². The summed E-state index contributed by atoms with van der Waals surface area (Å²) in [6.07, 6.45) is -2.64. The molecule has 1 heterocycles. The second-order valence-electron chi connectivity index (χ2n) is 10.2. The van der Waals surface area contributed by atoms with E-state index in [-0.39, 0.29) is 29.7 Å². The van der Waals surface area contributed by atoms with Crippen LogP contribution in [0.3, 0.4) is 0 Å². The van der Waals surface area contributed by atoms with E-state index < -0.39 is 17.7 Å². The Morgan fingerprint density at radius 1 is 0.841 bits per heavy atom. The fraction of sp³-hybridized carbons (Fsp3) is 0.212. The molecule has 1 aliphatic heterocycles. The number of carbonyl (C=O) groups is 2. The molecule has 0 aromatic heterocycles. The van der Waals surface area contributed by atoms with Crippen LogP contribution in [-0.2, 0) is 17.4 Å². The smallest absolute Gasteiger partial charge is 0.416 e. The second kappa shape index (κ2) is 13.9. The van der Waals surface area contributed by atoms with Gasteiger partial charge < -0.3 is 19.9 Å². The van der Waals surface area contributed by atoms with Crippen molar-refractivity contribution in [1.82, 2.24) is 4.31 Å². The summed E-state index contributed by atoms with van der Waals surface area (Å²) in [5.74, 6) is 0.496. The summed E-state index contributed by atoms with van der Waals surface area (Å²) in [4.78, 5) is 24.6. The Bertz CT molecular complexity index is 1570. The Hall–Kier alpha value is -4.48. The third kappa shape index (κ3) is 8.55. The lowest BCUT2D eigenvalue weighted by Gasteiger charge is -2.31. The molecule has 228 valence electrons. The standard InChI is InChI=1S/C33H29F3N2O5S/c34-33(35,36)23-7-15-28(16-8-23)44-38-19-17-27(18-20-38)43-26-13-11-25(12-14-26)42-24-9-5-22(6-10-24)21-31(39)37-30-4-2-1-3-29(30)32(40)41/h1-16,27H,17-21H2,(H,37,39)(H,40,41). The van der Waals surface area contributed by atoms with E-state index in [2.05, 4.69) is 9.62 Å². The second-order valence-corrected chi connectivity index (χ2v) is 11.3. The Morgan fingerprint density at radius 2 is 1.43 bits per heavy atom. The number of halogens is 3. The number of ether oxygens (including phenoxy) is 2. The van der Waals surface area contributed by atoms with Gasteiger partial charge in [-0.15, -0.1) is 0 Å². The zero-order valence-electron chi connectivity index (χ0n) is 23.4. The van der Waals surface area contributed by atoms with Crippen LogP contribution in [0.4, 0.5) is 18.9 Å². The molecule has 0 bridgehead atoms. The lowest BCUT2D eigenvalue weighted by atomic mass is 10.1. The molecule has 0 saturated carbocycles. The number of benzene rings is 4. The van der Waals surface area contributed by atoms with Gasteiger partial charge in [0, 0.05) is 18.0 Å². The molecule has 1 saturated heterocycles. The normalized spacial score (nSPS) is 14.2. The van der Waals surface area contributed by atoms with Gasteiger partial charge in [-0.25, -0.2) is 9.10 Å². The summed E-state index contributed by atoms with van der Waals surface area (Å²) in [6, 6.07) is 25.8. The van der Waals surface area contributed by atoms with E-state index >= 15 is 0 Å². The van der Waals surface area contributed by atoms with Crippen molar-refractivity contribution in [2.24, 2.45) is 0 Å². The largest absolute Gasteiger partial charge is 0.490 e. The molecule has 0 unspecified atom stereocenters. The number of aromatic carboxylic acids is 1. The molecular weight excluding hydrogens is 593 g/mol. The summed E-state index contributed by atoms with van der Waals surface area (Å²) in [6.45, 7) is 1.51. The Kier molecular flexibility index (Phi) is 9.76. The van der Waals surface area contributed by atoms with E-state index in [1.165, 1.54) is 30.1 Å². The third-order valence-corrected chi connectivity index (χ3v) is 8.01. The summed E-state index contributed by atoms with van der Waals surface area (Å²) in [5.41, 5.74) is 0.373. The molecule has 1 aliphatic rings. The van der Waals surface area contributed by atoms with Gasteiger partial charge in [0.15, 0.2) is 0 Å². The number of hydrogen-bond donors (Lipinski definition) is 2. The molecule has 0 radical (unpaired) electrons. The lowest BCUT2D eigenvalue weighted by Crippen LogP contribution is -2.34. The molecule has 1 fully saturated rings. The SMILES string of the molecule is O=C(Cc1ccc(Oc2ccc(OC3CCN(Sc4ccc(C(F)(F)F)cc4)CC3)cc2)cc1)Nc1ccccc1C(=O)O. The number of carbonyl (C=O) groups excluding carboxylic acids is 1. The topological polar surface area (TPSA) is 88.1 Å². The first-order chi connectivity index (χ1) is 21.1. The molecule has 0 aliphatic carbocycles. The maximum absolute atomic E-state index is 12.8. The van der Waals surface area contributed by atoms with Crippen LogP contribution in [0.15, 0.2) is 102 Å². The molecule has 44 heavy (non-hydrogen) atoms. The maximum Gasteiger partial charge on any atom is 0.416 e. The van der Waals surface area contributed by atoms with Crippen molar-refractivity contribution in [2.45, 2.75) is 36.4 Å². The van der Waals surface area contributed by atoms with Crippen LogP contribution in [0, 0.1) is 0 Å². The Morgan fingerprint density at radius 3 is 2.05 bits per heavy atom. The van der Waals surface area contributed by atoms with Gasteiger partial charge in [0.05, 0.1) is 23.2 Å². The van der Waals surface area contributed by atoms with Gasteiger partial charge >= 0.3 is 12.1 Å². The summed E-state index contributed by atoms with van der Waals surface area (Å²) < 4.78 is 52.6. The molecule has 2 N–H and O–H groups in total. The fourth-order valence-electron chi connectivity index (χ4n) is 4.64. The van der Waals surface area contributed by atoms with Gasteiger partial charge in [0.1, 0.15) is 23.4 Å². The average Bonchev–Trinajstić information content (AvgIpc) is 3.00. The lowest BCUT2D eigenvalue weighted by molar-refractivity contribution is -0.137. The number of nitrogens with one attached hydrogen (secondary N) is 1. The number of alkyl halides is 3. The van der Waals surface area contributed by atoms with Crippen LogP contribution in [0.5, 0.6) is 17.2 Å². The Labute approximate surface area is 256 Å². The predicted molar refractivity (Wildman–Crippen MR) is 161 cm³/mol. The van der Waals surface area contributed by atoms with E-state index in [0.717, 1.165) is 54.3 Å². The van der Waals surface area contributed by atoms with Crippen LogP contribution < -0.4 is 14.8 Å². The first-order valence-electron chi connectivity index (χ1n) is 13.9. The molecule has 4 aromatic rings. The van der Waals surface area contributed by atoms with Gasteiger partial charge in [0.25, 0.3) is 0 Å². The number of piperidine rings is 1. The van der Waals surface area contributed by atoms with Crippen molar-refractivity contribution >= 4 is 29.5 Å². The van der Waals surface area contributed by atoms with E-state index in [9.17, 15) is 27.9 Å². The first-order valence-corrected chi connectivity index (χ1v) is 14.7. The van der Waals surface area contributed by atoms with Crippen molar-refractivity contribution in [3.8, 4) is 17.2 Å². The predicted octanol–water partition coefficient (Wildman–Crippen LogP) is 7.93. The monoisotopic (exact) mass is 622 g/mol. The average molecular weight is 623 g/mol. The highest BCUT2D eigenvalue weighted by Crippen LogP contribution is 2.33. The first kappa shape index (κ1) is 31.0. The maximum atomic E-state index is 12.8. The fourth-order valence-corrected chi connectivity index (χ4v) is 5.59. The highest BCUT2D eigenvalue weighted by Gasteiger charge is 2.30. The summed E-state index contributed by atoms with van der Waals surface area (Å²) in [5, 5.41) is 11.9. The van der Waals surface area contributed by atoms with Crippen LogP contribution >= 0.6 is 11.9 Å². The summed E-state index contributed by atoms with van der Waals surface area (Å²) >= 11 is 1.45. The number of para-hydroxylation sites is 1. The van der Waals surface area contributed by atoms with Crippen LogP contribution in [0.2, 0.25) is 0 Å². The van der Waals surface area contributed by atoms with Gasteiger partial charge in [-0.1, -0.05) is 24.3 Å². The number of carboxylic acids is 1. The van der Waals surface area contributed by atoms with Crippen LogP contribution in [0.1, 0.15) is 34.3 Å². The molecule has 5 rings (SSSR count). The van der Waals surface area contributed by atoms with Crippen molar-refractivity contribution in [2.75, 3.05) is 18.4 Å². The molecule has 0 spiro atoms. The molecular formula is C33H29F3N2O5S. The molecule has 1 amide bonds. The van der Waals surface area contributed by atoms with E-state index in [0.29, 0.717) is 11.5 Å².